The van der Waals surface area contributed by atoms with Gasteiger partial charge >= 0.3 is 0 Å². The number of hydrogen-bond acceptors (Lipinski definition) is 6. The summed E-state index contributed by atoms with van der Waals surface area (Å²) in [4.78, 5) is 8.47. The fourth-order valence-electron chi connectivity index (χ4n) is 2.30. The minimum atomic E-state index is -0.324. The summed E-state index contributed by atoms with van der Waals surface area (Å²) in [6.07, 6.45) is 1.58. The molecule has 0 bridgehead atoms. The summed E-state index contributed by atoms with van der Waals surface area (Å²) in [7, 11) is 3.22. The van der Waals surface area contributed by atoms with Gasteiger partial charge in [-0.05, 0) is 42.5 Å². The smallest absolute Gasteiger partial charge is 0.226 e. The number of nitrogens with one attached hydrogen (secondary N) is 1. The molecule has 2 aromatic carbocycles. The average molecular weight is 355 g/mol. The summed E-state index contributed by atoms with van der Waals surface area (Å²) in [5.41, 5.74) is 0.903. The third-order valence-corrected chi connectivity index (χ3v) is 3.59. The standard InChI is InChI=1S/C19H18FN3O3/c1-24-16-7-8-17(25-2)13(11-16)12-22-19-21-10-9-18(23-19)26-15-5-3-14(20)4-6-15/h3-11H,12H2,1-2H3,(H,21,22,23). The van der Waals surface area contributed by atoms with Crippen LogP contribution < -0.4 is 19.5 Å². The van der Waals surface area contributed by atoms with Gasteiger partial charge in [0, 0.05) is 24.4 Å². The van der Waals surface area contributed by atoms with Crippen molar-refractivity contribution in [2.45, 2.75) is 6.54 Å². The zero-order valence-electron chi connectivity index (χ0n) is 14.4. The molecular weight excluding hydrogens is 337 g/mol. The quantitative estimate of drug-likeness (QED) is 0.690. The third kappa shape index (κ3) is 4.38. The van der Waals surface area contributed by atoms with Crippen LogP contribution in [-0.4, -0.2) is 24.2 Å². The molecule has 0 amide bonds. The Morgan fingerprint density at radius 1 is 0.962 bits per heavy atom. The molecule has 0 aliphatic rings. The molecule has 0 fully saturated rings. The maximum absolute atomic E-state index is 13.0. The number of ether oxygens (including phenoxy) is 3. The van der Waals surface area contributed by atoms with Gasteiger partial charge in [-0.3, -0.25) is 0 Å². The molecule has 26 heavy (non-hydrogen) atoms. The molecule has 7 heteroatoms. The molecule has 0 saturated carbocycles. The Morgan fingerprint density at radius 2 is 1.73 bits per heavy atom. The number of aromatic nitrogens is 2. The lowest BCUT2D eigenvalue weighted by Gasteiger charge is -2.12. The van der Waals surface area contributed by atoms with Crippen LogP contribution in [0.25, 0.3) is 0 Å². The minimum Gasteiger partial charge on any atom is -0.497 e. The van der Waals surface area contributed by atoms with Crippen molar-refractivity contribution in [2.75, 3.05) is 19.5 Å². The average Bonchev–Trinajstić information content (AvgIpc) is 2.68. The van der Waals surface area contributed by atoms with E-state index in [1.54, 1.807) is 26.5 Å². The van der Waals surface area contributed by atoms with E-state index in [9.17, 15) is 4.39 Å². The summed E-state index contributed by atoms with van der Waals surface area (Å²) in [6, 6.07) is 12.9. The van der Waals surface area contributed by atoms with Crippen LogP contribution in [0.2, 0.25) is 0 Å². The molecule has 6 nitrogen and oxygen atoms in total. The summed E-state index contributed by atoms with van der Waals surface area (Å²) in [5, 5.41) is 3.12. The third-order valence-electron chi connectivity index (χ3n) is 3.59. The molecule has 1 aromatic heterocycles. The van der Waals surface area contributed by atoms with Crippen LogP contribution in [0.4, 0.5) is 10.3 Å². The van der Waals surface area contributed by atoms with Gasteiger partial charge in [0.1, 0.15) is 23.1 Å². The summed E-state index contributed by atoms with van der Waals surface area (Å²) < 4.78 is 29.2. The molecular formula is C19H18FN3O3. The van der Waals surface area contributed by atoms with Crippen molar-refractivity contribution in [3.8, 4) is 23.1 Å². The van der Waals surface area contributed by atoms with Crippen molar-refractivity contribution in [1.82, 2.24) is 9.97 Å². The van der Waals surface area contributed by atoms with Crippen molar-refractivity contribution in [1.29, 1.82) is 0 Å². The van der Waals surface area contributed by atoms with Crippen molar-refractivity contribution in [3.05, 3.63) is 66.1 Å². The maximum atomic E-state index is 13.0. The van der Waals surface area contributed by atoms with E-state index in [-0.39, 0.29) is 5.82 Å². The predicted molar refractivity (Wildman–Crippen MR) is 95.4 cm³/mol. The fraction of sp³-hybridized carbons (Fsp3) is 0.158. The Hall–Kier alpha value is -3.35. The van der Waals surface area contributed by atoms with Crippen LogP contribution in [0.1, 0.15) is 5.56 Å². The van der Waals surface area contributed by atoms with Gasteiger partial charge in [-0.15, -0.1) is 0 Å². The number of halogens is 1. The topological polar surface area (TPSA) is 65.5 Å². The minimum absolute atomic E-state index is 0.324. The van der Waals surface area contributed by atoms with Crippen molar-refractivity contribution >= 4 is 5.95 Å². The van der Waals surface area contributed by atoms with E-state index >= 15 is 0 Å². The summed E-state index contributed by atoms with van der Waals surface area (Å²) in [5.74, 6) is 2.38. The molecule has 0 unspecified atom stereocenters. The molecule has 0 aliphatic carbocycles. The van der Waals surface area contributed by atoms with E-state index in [2.05, 4.69) is 15.3 Å². The van der Waals surface area contributed by atoms with Crippen LogP contribution in [0.15, 0.2) is 54.7 Å². The first kappa shape index (κ1) is 17.5. The van der Waals surface area contributed by atoms with Crippen molar-refractivity contribution in [2.24, 2.45) is 0 Å². The van der Waals surface area contributed by atoms with E-state index in [0.29, 0.717) is 24.1 Å². The Bertz CT molecular complexity index is 872. The van der Waals surface area contributed by atoms with E-state index in [1.807, 2.05) is 18.2 Å². The SMILES string of the molecule is COc1ccc(OC)c(CNc2nccc(Oc3ccc(F)cc3)n2)c1. The molecule has 0 radical (unpaired) electrons. The maximum Gasteiger partial charge on any atom is 0.226 e. The molecule has 0 spiro atoms. The molecule has 3 rings (SSSR count). The summed E-state index contributed by atoms with van der Waals surface area (Å²) in [6.45, 7) is 0.445. The van der Waals surface area contributed by atoms with Gasteiger partial charge in [0.05, 0.1) is 14.2 Å². The Balaban J connectivity index is 1.70. The highest BCUT2D eigenvalue weighted by molar-refractivity contribution is 5.42. The zero-order valence-corrected chi connectivity index (χ0v) is 14.4. The first-order valence-corrected chi connectivity index (χ1v) is 7.89. The Labute approximate surface area is 150 Å². The number of anilines is 1. The van der Waals surface area contributed by atoms with E-state index in [1.165, 1.54) is 24.3 Å². The predicted octanol–water partition coefficient (Wildman–Crippen LogP) is 4.04. The lowest BCUT2D eigenvalue weighted by molar-refractivity contribution is 0.399. The van der Waals surface area contributed by atoms with E-state index < -0.39 is 0 Å². The molecule has 1 N–H and O–H groups in total. The monoisotopic (exact) mass is 355 g/mol. The Morgan fingerprint density at radius 3 is 2.46 bits per heavy atom. The molecule has 0 aliphatic heterocycles. The molecule has 134 valence electrons. The van der Waals surface area contributed by atoms with Crippen LogP contribution >= 0.6 is 0 Å². The van der Waals surface area contributed by atoms with Gasteiger partial charge in [0.15, 0.2) is 0 Å². The fourth-order valence-corrected chi connectivity index (χ4v) is 2.30. The zero-order chi connectivity index (χ0) is 18.4. The van der Waals surface area contributed by atoms with E-state index in [0.717, 1.165) is 17.1 Å². The number of methoxy groups -OCH3 is 2. The number of benzene rings is 2. The van der Waals surface area contributed by atoms with Gasteiger partial charge in [0.25, 0.3) is 0 Å². The second kappa shape index (κ2) is 8.15. The van der Waals surface area contributed by atoms with Gasteiger partial charge < -0.3 is 19.5 Å². The molecule has 3 aromatic rings. The lowest BCUT2D eigenvalue weighted by Crippen LogP contribution is -2.05. The Kier molecular flexibility index (Phi) is 5.48. The van der Waals surface area contributed by atoms with Crippen molar-refractivity contribution in [3.63, 3.8) is 0 Å². The number of rotatable bonds is 7. The molecule has 0 atom stereocenters. The second-order valence-corrected chi connectivity index (χ2v) is 5.31. The van der Waals surface area contributed by atoms with Gasteiger partial charge in [-0.25, -0.2) is 9.37 Å². The molecule has 0 saturated heterocycles. The van der Waals surface area contributed by atoms with Crippen LogP contribution in [0.3, 0.4) is 0 Å². The van der Waals surface area contributed by atoms with Gasteiger partial charge in [-0.2, -0.15) is 4.98 Å². The van der Waals surface area contributed by atoms with E-state index in [4.69, 9.17) is 14.2 Å². The largest absolute Gasteiger partial charge is 0.497 e. The normalized spacial score (nSPS) is 10.3. The highest BCUT2D eigenvalue weighted by Crippen LogP contribution is 2.25. The summed E-state index contributed by atoms with van der Waals surface area (Å²) >= 11 is 0. The first-order valence-electron chi connectivity index (χ1n) is 7.89. The molecule has 1 heterocycles. The van der Waals surface area contributed by atoms with Gasteiger partial charge in [-0.1, -0.05) is 0 Å². The first-order chi connectivity index (χ1) is 12.7. The van der Waals surface area contributed by atoms with Crippen LogP contribution in [0, 0.1) is 5.82 Å². The van der Waals surface area contributed by atoms with Crippen LogP contribution in [0.5, 0.6) is 23.1 Å². The van der Waals surface area contributed by atoms with Crippen LogP contribution in [-0.2, 0) is 6.54 Å². The second-order valence-electron chi connectivity index (χ2n) is 5.31. The van der Waals surface area contributed by atoms with Gasteiger partial charge in [0.2, 0.25) is 11.8 Å². The number of hydrogen-bond donors (Lipinski definition) is 1. The highest BCUT2D eigenvalue weighted by atomic mass is 19.1. The number of nitrogens with zero attached hydrogens (tertiary/aromatic N) is 2. The lowest BCUT2D eigenvalue weighted by atomic mass is 10.2. The van der Waals surface area contributed by atoms with Crippen molar-refractivity contribution < 1.29 is 18.6 Å². The highest BCUT2D eigenvalue weighted by Gasteiger charge is 2.07.